The van der Waals surface area contributed by atoms with E-state index >= 15 is 0 Å². The van der Waals surface area contributed by atoms with Crippen LogP contribution in [0, 0.1) is 0 Å². The molecule has 120 valence electrons. The molecule has 3 heterocycles. The molecule has 0 saturated carbocycles. The van der Waals surface area contributed by atoms with Gasteiger partial charge in [0.05, 0.1) is 5.69 Å². The van der Waals surface area contributed by atoms with Gasteiger partial charge in [-0.05, 0) is 36.2 Å². The van der Waals surface area contributed by atoms with Crippen LogP contribution in [0.3, 0.4) is 0 Å². The summed E-state index contributed by atoms with van der Waals surface area (Å²) in [6.07, 6.45) is 0.918. The van der Waals surface area contributed by atoms with E-state index in [2.05, 4.69) is 50.5 Å². The summed E-state index contributed by atoms with van der Waals surface area (Å²) < 4.78 is 0.980. The van der Waals surface area contributed by atoms with E-state index in [-0.39, 0.29) is 5.91 Å². The number of aromatic amines is 1. The van der Waals surface area contributed by atoms with Crippen molar-refractivity contribution in [2.45, 2.75) is 12.0 Å². The zero-order chi connectivity index (χ0) is 16.5. The number of halogens is 1. The van der Waals surface area contributed by atoms with Crippen LogP contribution in [0.4, 0.5) is 5.69 Å². The Morgan fingerprint density at radius 1 is 1.21 bits per heavy atom. The molecule has 0 bridgehead atoms. The fourth-order valence-corrected chi connectivity index (χ4v) is 4.59. The van der Waals surface area contributed by atoms with Crippen LogP contribution in [0.1, 0.15) is 16.8 Å². The molecular weight excluding hydrogens is 366 g/mol. The Morgan fingerprint density at radius 3 is 2.92 bits per heavy atom. The quantitative estimate of drug-likeness (QED) is 0.627. The first-order valence-electron chi connectivity index (χ1n) is 8.06. The molecule has 0 fully saturated rings. The van der Waals surface area contributed by atoms with Crippen LogP contribution < -0.4 is 10.2 Å². The molecule has 3 aromatic rings. The van der Waals surface area contributed by atoms with Crippen molar-refractivity contribution in [3.8, 4) is 0 Å². The zero-order valence-corrected chi connectivity index (χ0v) is 14.8. The van der Waals surface area contributed by atoms with Crippen molar-refractivity contribution in [3.63, 3.8) is 0 Å². The van der Waals surface area contributed by atoms with Crippen LogP contribution in [-0.2, 0) is 16.8 Å². The molecule has 0 saturated heterocycles. The number of carbonyl (C=O) groups excluding carboxylic acids is 1. The highest BCUT2D eigenvalue weighted by Crippen LogP contribution is 2.48. The summed E-state index contributed by atoms with van der Waals surface area (Å²) in [5.74, 6) is 0.0723. The number of aromatic nitrogens is 1. The van der Waals surface area contributed by atoms with Gasteiger partial charge >= 0.3 is 0 Å². The molecule has 1 spiro atoms. The van der Waals surface area contributed by atoms with Crippen molar-refractivity contribution in [2.75, 3.05) is 18.5 Å². The van der Waals surface area contributed by atoms with Gasteiger partial charge in [0.1, 0.15) is 0 Å². The van der Waals surface area contributed by atoms with Gasteiger partial charge in [0.25, 0.3) is 5.91 Å². The Bertz CT molecular complexity index is 1010. The molecule has 0 unspecified atom stereocenters. The second-order valence-electron chi connectivity index (χ2n) is 6.48. The van der Waals surface area contributed by atoms with Crippen molar-refractivity contribution in [1.29, 1.82) is 0 Å². The number of benzene rings is 2. The van der Waals surface area contributed by atoms with E-state index in [4.69, 9.17) is 0 Å². The number of fused-ring (bicyclic) bond motifs is 6. The molecule has 2 aliphatic rings. The monoisotopic (exact) mass is 381 g/mol. The molecule has 0 radical (unpaired) electrons. The number of hydrogen-bond acceptors (Lipinski definition) is 2. The van der Waals surface area contributed by atoms with Gasteiger partial charge in [-0.1, -0.05) is 34.1 Å². The summed E-state index contributed by atoms with van der Waals surface area (Å²) >= 11 is 3.56. The van der Waals surface area contributed by atoms with E-state index < -0.39 is 5.54 Å². The molecule has 2 N–H and O–H groups in total. The number of likely N-dealkylation sites (N-methyl/N-ethyl adjacent to an activating group) is 1. The van der Waals surface area contributed by atoms with E-state index in [1.807, 2.05) is 25.2 Å². The van der Waals surface area contributed by atoms with Crippen LogP contribution in [0.2, 0.25) is 0 Å². The van der Waals surface area contributed by atoms with Crippen LogP contribution in [0.5, 0.6) is 0 Å². The molecule has 5 rings (SSSR count). The SMILES string of the molecule is CN1C(=O)[C@]2(NCCc3c2[nH]c2ccccc32)c2cc(Br)ccc21. The van der Waals surface area contributed by atoms with Crippen molar-refractivity contribution in [3.05, 3.63) is 63.8 Å². The Labute approximate surface area is 148 Å². The third-order valence-electron chi connectivity index (χ3n) is 5.30. The predicted octanol–water partition coefficient (Wildman–Crippen LogP) is 3.30. The lowest BCUT2D eigenvalue weighted by atomic mass is 9.82. The fourth-order valence-electron chi connectivity index (χ4n) is 4.23. The summed E-state index contributed by atoms with van der Waals surface area (Å²) in [4.78, 5) is 18.6. The summed E-state index contributed by atoms with van der Waals surface area (Å²) in [5, 5.41) is 4.75. The molecule has 1 aromatic heterocycles. The maximum absolute atomic E-state index is 13.3. The van der Waals surface area contributed by atoms with Gasteiger partial charge in [-0.15, -0.1) is 0 Å². The number of rotatable bonds is 0. The number of nitrogens with zero attached hydrogens (tertiary/aromatic N) is 1. The minimum Gasteiger partial charge on any atom is -0.356 e. The highest BCUT2D eigenvalue weighted by Gasteiger charge is 2.54. The minimum atomic E-state index is -0.819. The van der Waals surface area contributed by atoms with Gasteiger partial charge < -0.3 is 9.88 Å². The van der Waals surface area contributed by atoms with E-state index in [1.54, 1.807) is 4.90 Å². The molecule has 2 aromatic carbocycles. The average molecular weight is 382 g/mol. The molecule has 5 heteroatoms. The number of H-pyrrole nitrogens is 1. The Morgan fingerprint density at radius 2 is 2.04 bits per heavy atom. The summed E-state index contributed by atoms with van der Waals surface area (Å²) in [6, 6.07) is 14.3. The maximum Gasteiger partial charge on any atom is 0.257 e. The van der Waals surface area contributed by atoms with E-state index in [0.29, 0.717) is 0 Å². The summed E-state index contributed by atoms with van der Waals surface area (Å²) in [6.45, 7) is 0.778. The molecule has 1 amide bonds. The van der Waals surface area contributed by atoms with Crippen molar-refractivity contribution in [1.82, 2.24) is 10.3 Å². The average Bonchev–Trinajstić information content (AvgIpc) is 3.07. The van der Waals surface area contributed by atoms with Gasteiger partial charge in [0.2, 0.25) is 0 Å². The molecule has 24 heavy (non-hydrogen) atoms. The first kappa shape index (κ1) is 14.3. The Balaban J connectivity index is 1.88. The van der Waals surface area contributed by atoms with Gasteiger partial charge in [0.15, 0.2) is 5.54 Å². The second kappa shape index (κ2) is 4.71. The van der Waals surface area contributed by atoms with Gasteiger partial charge in [-0.3, -0.25) is 10.1 Å². The summed E-state index contributed by atoms with van der Waals surface area (Å²) in [5.41, 5.74) is 4.48. The highest BCUT2D eigenvalue weighted by molar-refractivity contribution is 9.10. The van der Waals surface area contributed by atoms with Gasteiger partial charge in [-0.25, -0.2) is 0 Å². The van der Waals surface area contributed by atoms with Crippen molar-refractivity contribution in [2.24, 2.45) is 0 Å². The maximum atomic E-state index is 13.3. The number of hydrogen-bond donors (Lipinski definition) is 2. The summed E-state index contributed by atoms with van der Waals surface area (Å²) in [7, 11) is 1.85. The normalized spacial score (nSPS) is 22.2. The third-order valence-corrected chi connectivity index (χ3v) is 5.80. The van der Waals surface area contributed by atoms with Gasteiger partial charge in [0, 0.05) is 40.2 Å². The van der Waals surface area contributed by atoms with E-state index in [9.17, 15) is 4.79 Å². The molecule has 4 nitrogen and oxygen atoms in total. The number of anilines is 1. The topological polar surface area (TPSA) is 48.1 Å². The number of para-hydroxylation sites is 1. The minimum absolute atomic E-state index is 0.0723. The number of amides is 1. The largest absolute Gasteiger partial charge is 0.356 e. The zero-order valence-electron chi connectivity index (χ0n) is 13.2. The molecular formula is C19H16BrN3O. The lowest BCUT2D eigenvalue weighted by Gasteiger charge is -2.34. The third kappa shape index (κ3) is 1.59. The molecule has 1 atom stereocenters. The highest BCUT2D eigenvalue weighted by atomic mass is 79.9. The van der Waals surface area contributed by atoms with Crippen LogP contribution in [0.25, 0.3) is 10.9 Å². The van der Waals surface area contributed by atoms with Crippen molar-refractivity contribution < 1.29 is 4.79 Å². The predicted molar refractivity (Wildman–Crippen MR) is 98.3 cm³/mol. The fraction of sp³-hybridized carbons (Fsp3) is 0.211. The standard InChI is InChI=1S/C19H16BrN3O/c1-23-16-7-6-11(20)10-14(16)19(18(23)24)17-13(8-9-21-19)12-4-2-3-5-15(12)22-17/h2-7,10,21-22H,8-9H2,1H3/t19-/m0/s1. The molecule has 0 aliphatic carbocycles. The number of carbonyl (C=O) groups is 1. The van der Waals surface area contributed by atoms with E-state index in [1.165, 1.54) is 10.9 Å². The van der Waals surface area contributed by atoms with Crippen molar-refractivity contribution >= 4 is 38.4 Å². The lowest BCUT2D eigenvalue weighted by Crippen LogP contribution is -2.54. The first-order valence-corrected chi connectivity index (χ1v) is 8.85. The first-order chi connectivity index (χ1) is 11.6. The van der Waals surface area contributed by atoms with Crippen LogP contribution >= 0.6 is 15.9 Å². The smallest absolute Gasteiger partial charge is 0.257 e. The van der Waals surface area contributed by atoms with Gasteiger partial charge in [-0.2, -0.15) is 0 Å². The lowest BCUT2D eigenvalue weighted by molar-refractivity contribution is -0.122. The Hall–Kier alpha value is -2.11. The number of nitrogens with one attached hydrogen (secondary N) is 2. The van der Waals surface area contributed by atoms with Crippen LogP contribution in [-0.4, -0.2) is 24.5 Å². The second-order valence-corrected chi connectivity index (χ2v) is 7.39. The molecule has 2 aliphatic heterocycles. The van der Waals surface area contributed by atoms with E-state index in [0.717, 1.165) is 39.9 Å². The van der Waals surface area contributed by atoms with Crippen LogP contribution in [0.15, 0.2) is 46.9 Å². The Kier molecular flexibility index (Phi) is 2.80.